The van der Waals surface area contributed by atoms with Crippen LogP contribution in [0.2, 0.25) is 0 Å². The minimum atomic E-state index is -0.727. The summed E-state index contributed by atoms with van der Waals surface area (Å²) in [6, 6.07) is 0. The molecule has 0 spiro atoms. The first-order chi connectivity index (χ1) is 4.79. The molecule has 0 aromatic rings. The monoisotopic (exact) mass is 146 g/mol. The number of rotatable bonds is 0. The van der Waals surface area contributed by atoms with Gasteiger partial charge in [-0.2, -0.15) is 0 Å². The highest BCUT2D eigenvalue weighted by atomic mass is 16.6. The summed E-state index contributed by atoms with van der Waals surface area (Å²) >= 11 is 0. The maximum atomic E-state index is 9.04. The van der Waals surface area contributed by atoms with Crippen molar-refractivity contribution in [3.05, 3.63) is 0 Å². The van der Waals surface area contributed by atoms with Crippen molar-refractivity contribution in [3.8, 4) is 0 Å². The zero-order valence-corrected chi connectivity index (χ0v) is 6.25. The molecule has 0 radical (unpaired) electrons. The van der Waals surface area contributed by atoms with Crippen molar-refractivity contribution in [2.24, 2.45) is 0 Å². The van der Waals surface area contributed by atoms with Gasteiger partial charge in [0.25, 0.3) is 0 Å². The molecule has 1 fully saturated rings. The van der Waals surface area contributed by atoms with Crippen LogP contribution in [-0.4, -0.2) is 30.7 Å². The van der Waals surface area contributed by atoms with Gasteiger partial charge in [-0.25, -0.2) is 0 Å². The maximum Gasteiger partial charge on any atom is 0.178 e. The highest BCUT2D eigenvalue weighted by Crippen LogP contribution is 2.07. The lowest BCUT2D eigenvalue weighted by atomic mass is 10.2. The molecule has 1 aliphatic rings. The molecule has 0 amide bonds. The van der Waals surface area contributed by atoms with E-state index >= 15 is 0 Å². The van der Waals surface area contributed by atoms with Gasteiger partial charge >= 0.3 is 0 Å². The highest BCUT2D eigenvalue weighted by Gasteiger charge is 2.12. The first-order valence-corrected chi connectivity index (χ1v) is 3.70. The Morgan fingerprint density at radius 2 is 2.30 bits per heavy atom. The molecule has 1 saturated heterocycles. The lowest BCUT2D eigenvalue weighted by molar-refractivity contribution is -0.174. The van der Waals surface area contributed by atoms with Crippen LogP contribution >= 0.6 is 0 Å². The third-order valence-corrected chi connectivity index (χ3v) is 1.55. The second kappa shape index (κ2) is 3.91. The lowest BCUT2D eigenvalue weighted by Gasteiger charge is -2.21. The molecular weight excluding hydrogens is 132 g/mol. The van der Waals surface area contributed by atoms with E-state index in [0.717, 1.165) is 19.4 Å². The average Bonchev–Trinajstić information content (AvgIpc) is 1.83. The molecule has 2 unspecified atom stereocenters. The van der Waals surface area contributed by atoms with E-state index in [9.17, 15) is 0 Å². The molecule has 0 bridgehead atoms. The predicted octanol–water partition coefficient (Wildman–Crippen LogP) is 0.520. The number of ether oxygens (including phenoxy) is 2. The third kappa shape index (κ3) is 2.64. The zero-order chi connectivity index (χ0) is 7.40. The number of hydrogen-bond acceptors (Lipinski definition) is 3. The molecule has 3 heteroatoms. The van der Waals surface area contributed by atoms with Crippen LogP contribution < -0.4 is 0 Å². The number of aliphatic hydroxyl groups excluding tert-OH is 1. The predicted molar refractivity (Wildman–Crippen MR) is 36.6 cm³/mol. The Bertz CT molecular complexity index is 84.9. The van der Waals surface area contributed by atoms with Crippen molar-refractivity contribution in [1.82, 2.24) is 0 Å². The summed E-state index contributed by atoms with van der Waals surface area (Å²) in [4.78, 5) is 0. The Hall–Kier alpha value is -0.120. The molecule has 1 rings (SSSR count). The number of hydrogen-bond donors (Lipinski definition) is 1. The fourth-order valence-electron chi connectivity index (χ4n) is 1.03. The molecule has 0 aromatic heterocycles. The number of aliphatic hydroxyl groups is 1. The zero-order valence-electron chi connectivity index (χ0n) is 6.25. The molecule has 2 atom stereocenters. The molecule has 1 aliphatic heterocycles. The van der Waals surface area contributed by atoms with Gasteiger partial charge in [-0.05, 0) is 19.8 Å². The molecule has 0 aliphatic carbocycles. The first kappa shape index (κ1) is 7.98. The first-order valence-electron chi connectivity index (χ1n) is 3.70. The van der Waals surface area contributed by atoms with E-state index in [4.69, 9.17) is 14.6 Å². The lowest BCUT2D eigenvalue weighted by Crippen LogP contribution is -2.27. The molecule has 0 saturated carbocycles. The van der Waals surface area contributed by atoms with Crippen LogP contribution in [0.25, 0.3) is 0 Å². The van der Waals surface area contributed by atoms with E-state index in [1.807, 2.05) is 6.92 Å². The SMILES string of the molecule is CC1CCCOCC(O)O1. The minimum Gasteiger partial charge on any atom is -0.376 e. The standard InChI is InChI=1S/C7H14O3/c1-6-3-2-4-9-5-7(8)10-6/h6-8H,2-5H2,1H3. The van der Waals surface area contributed by atoms with E-state index in [-0.39, 0.29) is 6.10 Å². The Balaban J connectivity index is 2.25. The minimum absolute atomic E-state index is 0.166. The van der Waals surface area contributed by atoms with Crippen molar-refractivity contribution in [1.29, 1.82) is 0 Å². The molecule has 3 nitrogen and oxygen atoms in total. The molecule has 10 heavy (non-hydrogen) atoms. The fraction of sp³-hybridized carbons (Fsp3) is 1.00. The van der Waals surface area contributed by atoms with Gasteiger partial charge in [0.2, 0.25) is 0 Å². The van der Waals surface area contributed by atoms with Gasteiger partial charge in [0, 0.05) is 6.61 Å². The molecule has 1 heterocycles. The Morgan fingerprint density at radius 1 is 1.50 bits per heavy atom. The summed E-state index contributed by atoms with van der Waals surface area (Å²) in [6.07, 6.45) is 1.43. The van der Waals surface area contributed by atoms with E-state index in [1.54, 1.807) is 0 Å². The van der Waals surface area contributed by atoms with Gasteiger partial charge in [0.05, 0.1) is 12.7 Å². The third-order valence-electron chi connectivity index (χ3n) is 1.55. The van der Waals surface area contributed by atoms with Crippen molar-refractivity contribution >= 4 is 0 Å². The van der Waals surface area contributed by atoms with Gasteiger partial charge in [-0.1, -0.05) is 0 Å². The van der Waals surface area contributed by atoms with E-state index in [2.05, 4.69) is 0 Å². The molecule has 0 aromatic carbocycles. The van der Waals surface area contributed by atoms with Gasteiger partial charge < -0.3 is 14.6 Å². The maximum absolute atomic E-state index is 9.04. The van der Waals surface area contributed by atoms with Crippen LogP contribution in [-0.2, 0) is 9.47 Å². The van der Waals surface area contributed by atoms with Crippen LogP contribution in [0.4, 0.5) is 0 Å². The quantitative estimate of drug-likeness (QED) is 0.541. The van der Waals surface area contributed by atoms with Crippen molar-refractivity contribution < 1.29 is 14.6 Å². The van der Waals surface area contributed by atoms with E-state index in [1.165, 1.54) is 0 Å². The van der Waals surface area contributed by atoms with Crippen molar-refractivity contribution in [3.63, 3.8) is 0 Å². The van der Waals surface area contributed by atoms with Crippen molar-refractivity contribution in [2.45, 2.75) is 32.2 Å². The second-order valence-corrected chi connectivity index (χ2v) is 2.62. The fourth-order valence-corrected chi connectivity index (χ4v) is 1.03. The van der Waals surface area contributed by atoms with Crippen LogP contribution in [0.5, 0.6) is 0 Å². The van der Waals surface area contributed by atoms with Crippen LogP contribution in [0, 0.1) is 0 Å². The summed E-state index contributed by atoms with van der Waals surface area (Å²) in [7, 11) is 0. The summed E-state index contributed by atoms with van der Waals surface area (Å²) < 4.78 is 10.2. The van der Waals surface area contributed by atoms with Crippen LogP contribution in [0.1, 0.15) is 19.8 Å². The summed E-state index contributed by atoms with van der Waals surface area (Å²) in [5.41, 5.74) is 0. The topological polar surface area (TPSA) is 38.7 Å². The van der Waals surface area contributed by atoms with Crippen LogP contribution in [0.3, 0.4) is 0 Å². The normalized spacial score (nSPS) is 36.6. The summed E-state index contributed by atoms with van der Waals surface area (Å²) in [6.45, 7) is 3.02. The van der Waals surface area contributed by atoms with Gasteiger partial charge in [0.15, 0.2) is 6.29 Å². The summed E-state index contributed by atoms with van der Waals surface area (Å²) in [5, 5.41) is 9.04. The Kier molecular flexibility index (Phi) is 3.12. The van der Waals surface area contributed by atoms with E-state index < -0.39 is 6.29 Å². The van der Waals surface area contributed by atoms with E-state index in [0.29, 0.717) is 6.61 Å². The second-order valence-electron chi connectivity index (χ2n) is 2.62. The molecular formula is C7H14O3. The van der Waals surface area contributed by atoms with Gasteiger partial charge in [0.1, 0.15) is 0 Å². The smallest absolute Gasteiger partial charge is 0.178 e. The Morgan fingerprint density at radius 3 is 3.10 bits per heavy atom. The highest BCUT2D eigenvalue weighted by molar-refractivity contribution is 4.54. The average molecular weight is 146 g/mol. The van der Waals surface area contributed by atoms with Gasteiger partial charge in [-0.15, -0.1) is 0 Å². The largest absolute Gasteiger partial charge is 0.376 e. The van der Waals surface area contributed by atoms with Gasteiger partial charge in [-0.3, -0.25) is 0 Å². The van der Waals surface area contributed by atoms with Crippen LogP contribution in [0.15, 0.2) is 0 Å². The molecule has 60 valence electrons. The summed E-state index contributed by atoms with van der Waals surface area (Å²) in [5.74, 6) is 0. The molecule has 1 N–H and O–H groups in total. The van der Waals surface area contributed by atoms with Crippen molar-refractivity contribution in [2.75, 3.05) is 13.2 Å². The Labute approximate surface area is 60.9 Å².